The Hall–Kier alpha value is -8.54. The minimum Gasteiger partial charge on any atom is -0.309 e. The van der Waals surface area contributed by atoms with Crippen LogP contribution < -0.4 is 0 Å². The van der Waals surface area contributed by atoms with Gasteiger partial charge in [-0.1, -0.05) is 146 Å². The zero-order valence-electron chi connectivity index (χ0n) is 33.9. The number of hydrogen-bond donors (Lipinski definition) is 0. The van der Waals surface area contributed by atoms with Crippen LogP contribution in [0.15, 0.2) is 212 Å². The fourth-order valence-corrected chi connectivity index (χ4v) is 10.4. The van der Waals surface area contributed by atoms with Crippen molar-refractivity contribution in [3.8, 4) is 28.6 Å². The van der Waals surface area contributed by atoms with Crippen molar-refractivity contribution in [1.82, 2.24) is 23.7 Å². The fraction of sp³-hybridized carbons (Fsp3) is 0. The molecule has 63 heavy (non-hydrogen) atoms. The lowest BCUT2D eigenvalue weighted by molar-refractivity contribution is 1.01. The van der Waals surface area contributed by atoms with E-state index in [1.165, 1.54) is 54.1 Å². The summed E-state index contributed by atoms with van der Waals surface area (Å²) >= 11 is 0. The summed E-state index contributed by atoms with van der Waals surface area (Å²) < 4.78 is 7.13. The number of benzene rings is 10. The van der Waals surface area contributed by atoms with Crippen molar-refractivity contribution >= 4 is 97.9 Å². The average molecular weight is 802 g/mol. The molecule has 0 amide bonds. The van der Waals surface area contributed by atoms with Gasteiger partial charge in [-0.3, -0.25) is 4.57 Å². The minimum atomic E-state index is 0.644. The van der Waals surface area contributed by atoms with E-state index in [4.69, 9.17) is 9.97 Å². The molecule has 10 aromatic carbocycles. The summed E-state index contributed by atoms with van der Waals surface area (Å²) in [5.74, 6) is 0.644. The molecule has 0 aliphatic carbocycles. The summed E-state index contributed by atoms with van der Waals surface area (Å²) in [6.07, 6.45) is 0. The van der Waals surface area contributed by atoms with E-state index in [1.807, 2.05) is 0 Å². The molecule has 4 heterocycles. The number of hydrogen-bond acceptors (Lipinski definition) is 2. The Morgan fingerprint density at radius 1 is 0.286 bits per heavy atom. The standard InChI is InChI=1S/C58H35N5/c1-3-15-38-33-40(26-25-36(38)13-1)57-45-18-5-9-21-48(45)59-58(60-57)63-49-22-10-6-17-43(49)44-30-29-42(35-54(44)63)62-51-24-12-8-20-47(51)56-53(62)32-31-52-55(56)46-19-7-11-23-50(46)61(52)41-28-27-37-14-2-4-16-39(37)34-41/h1-35H. The van der Waals surface area contributed by atoms with Crippen LogP contribution in [-0.4, -0.2) is 23.7 Å². The molecular weight excluding hydrogens is 767 g/mol. The van der Waals surface area contributed by atoms with Gasteiger partial charge in [0, 0.05) is 54.6 Å². The molecule has 0 bridgehead atoms. The summed E-state index contributed by atoms with van der Waals surface area (Å²) in [5.41, 5.74) is 11.9. The van der Waals surface area contributed by atoms with Crippen LogP contribution in [0.2, 0.25) is 0 Å². The summed E-state index contributed by atoms with van der Waals surface area (Å²) in [5, 5.41) is 13.2. The molecule has 0 fully saturated rings. The van der Waals surface area contributed by atoms with Crippen LogP contribution in [0.5, 0.6) is 0 Å². The highest BCUT2D eigenvalue weighted by atomic mass is 15.2. The van der Waals surface area contributed by atoms with Gasteiger partial charge in [-0.25, -0.2) is 9.97 Å². The maximum absolute atomic E-state index is 5.46. The smallest absolute Gasteiger partial charge is 0.235 e. The fourth-order valence-electron chi connectivity index (χ4n) is 10.4. The maximum atomic E-state index is 5.46. The van der Waals surface area contributed by atoms with Gasteiger partial charge >= 0.3 is 0 Å². The van der Waals surface area contributed by atoms with Crippen LogP contribution in [0, 0.1) is 0 Å². The summed E-state index contributed by atoms with van der Waals surface area (Å²) in [6, 6.07) is 76.7. The van der Waals surface area contributed by atoms with Crippen molar-refractivity contribution in [2.75, 3.05) is 0 Å². The highest BCUT2D eigenvalue weighted by molar-refractivity contribution is 6.29. The molecule has 0 saturated heterocycles. The van der Waals surface area contributed by atoms with Crippen molar-refractivity contribution in [2.24, 2.45) is 0 Å². The van der Waals surface area contributed by atoms with Crippen molar-refractivity contribution < 1.29 is 0 Å². The van der Waals surface area contributed by atoms with Gasteiger partial charge in [0.15, 0.2) is 0 Å². The summed E-state index contributed by atoms with van der Waals surface area (Å²) in [7, 11) is 0. The predicted octanol–water partition coefficient (Wildman–Crippen LogP) is 14.9. The van der Waals surface area contributed by atoms with Gasteiger partial charge in [-0.05, 0) is 88.3 Å². The molecule has 5 nitrogen and oxygen atoms in total. The normalized spacial score (nSPS) is 12.1. The number of aromatic nitrogens is 5. The van der Waals surface area contributed by atoms with Gasteiger partial charge in [0.1, 0.15) is 0 Å². The second kappa shape index (κ2) is 13.0. The average Bonchev–Trinajstić information content (AvgIpc) is 3.98. The van der Waals surface area contributed by atoms with Crippen LogP contribution in [0.3, 0.4) is 0 Å². The van der Waals surface area contributed by atoms with Gasteiger partial charge in [-0.15, -0.1) is 0 Å². The Balaban J connectivity index is 1.03. The van der Waals surface area contributed by atoms with Gasteiger partial charge in [0.2, 0.25) is 5.95 Å². The van der Waals surface area contributed by atoms with Crippen LogP contribution in [0.25, 0.3) is 126 Å². The molecule has 14 aromatic rings. The topological polar surface area (TPSA) is 40.6 Å². The summed E-state index contributed by atoms with van der Waals surface area (Å²) in [4.78, 5) is 10.8. The molecule has 0 unspecified atom stereocenters. The molecule has 0 N–H and O–H groups in total. The Labute approximate surface area is 360 Å². The van der Waals surface area contributed by atoms with E-state index in [9.17, 15) is 0 Å². The van der Waals surface area contributed by atoms with E-state index in [2.05, 4.69) is 226 Å². The van der Waals surface area contributed by atoms with Crippen LogP contribution in [0.1, 0.15) is 0 Å². The molecule has 0 atom stereocenters. The SMILES string of the molecule is c1ccc2cc(-c3nc(-n4c5ccccc5c5ccc(-n6c7ccccc7c7c8c9ccccc9n(-c9ccc%10ccccc%10c9)c8ccc76)cc54)nc4ccccc34)ccc2c1. The molecule has 292 valence electrons. The largest absolute Gasteiger partial charge is 0.309 e. The maximum Gasteiger partial charge on any atom is 0.235 e. The first-order chi connectivity index (χ1) is 31.2. The van der Waals surface area contributed by atoms with Crippen molar-refractivity contribution in [2.45, 2.75) is 0 Å². The first kappa shape index (κ1) is 34.2. The second-order valence-corrected chi connectivity index (χ2v) is 16.6. The van der Waals surface area contributed by atoms with Gasteiger partial charge in [0.25, 0.3) is 0 Å². The van der Waals surface area contributed by atoms with Crippen LogP contribution in [0.4, 0.5) is 0 Å². The molecule has 0 aliphatic rings. The van der Waals surface area contributed by atoms with E-state index in [0.717, 1.165) is 66.4 Å². The van der Waals surface area contributed by atoms with Crippen molar-refractivity contribution in [3.63, 3.8) is 0 Å². The Morgan fingerprint density at radius 3 is 1.46 bits per heavy atom. The minimum absolute atomic E-state index is 0.644. The Morgan fingerprint density at radius 2 is 0.778 bits per heavy atom. The molecule has 0 saturated carbocycles. The molecule has 14 rings (SSSR count). The van der Waals surface area contributed by atoms with Gasteiger partial charge in [-0.2, -0.15) is 0 Å². The molecule has 5 heteroatoms. The van der Waals surface area contributed by atoms with E-state index < -0.39 is 0 Å². The number of rotatable bonds is 4. The van der Waals surface area contributed by atoms with Gasteiger partial charge < -0.3 is 9.13 Å². The zero-order chi connectivity index (χ0) is 41.2. The quantitative estimate of drug-likeness (QED) is 0.178. The summed E-state index contributed by atoms with van der Waals surface area (Å²) in [6.45, 7) is 0. The number of fused-ring (bicyclic) bond motifs is 13. The monoisotopic (exact) mass is 801 g/mol. The van der Waals surface area contributed by atoms with Crippen LogP contribution in [-0.2, 0) is 0 Å². The molecule has 0 spiro atoms. The third-order valence-corrected chi connectivity index (χ3v) is 13.2. The first-order valence-corrected chi connectivity index (χ1v) is 21.5. The third-order valence-electron chi connectivity index (χ3n) is 13.2. The predicted molar refractivity (Wildman–Crippen MR) is 263 cm³/mol. The lowest BCUT2D eigenvalue weighted by atomic mass is 10.0. The highest BCUT2D eigenvalue weighted by Crippen LogP contribution is 2.43. The second-order valence-electron chi connectivity index (χ2n) is 16.6. The Kier molecular flexibility index (Phi) is 7.05. The first-order valence-electron chi connectivity index (χ1n) is 21.5. The van der Waals surface area contributed by atoms with E-state index >= 15 is 0 Å². The van der Waals surface area contributed by atoms with Crippen LogP contribution >= 0.6 is 0 Å². The van der Waals surface area contributed by atoms with Crippen molar-refractivity contribution in [1.29, 1.82) is 0 Å². The molecule has 0 aliphatic heterocycles. The third kappa shape index (κ3) is 4.93. The molecule has 4 aromatic heterocycles. The Bertz CT molecular complexity index is 4220. The van der Waals surface area contributed by atoms with Crippen molar-refractivity contribution in [3.05, 3.63) is 212 Å². The molecular formula is C58H35N5. The highest BCUT2D eigenvalue weighted by Gasteiger charge is 2.23. The lowest BCUT2D eigenvalue weighted by Crippen LogP contribution is -2.04. The lowest BCUT2D eigenvalue weighted by Gasteiger charge is -2.13. The van der Waals surface area contributed by atoms with E-state index in [1.54, 1.807) is 0 Å². The van der Waals surface area contributed by atoms with E-state index in [0.29, 0.717) is 5.95 Å². The van der Waals surface area contributed by atoms with E-state index in [-0.39, 0.29) is 0 Å². The zero-order valence-corrected chi connectivity index (χ0v) is 33.9. The number of nitrogens with zero attached hydrogens (tertiary/aromatic N) is 5. The molecule has 0 radical (unpaired) electrons. The van der Waals surface area contributed by atoms with Gasteiger partial charge in [0.05, 0.1) is 44.3 Å². The number of para-hydroxylation sites is 4.